The summed E-state index contributed by atoms with van der Waals surface area (Å²) in [4.78, 5) is 28.1. The van der Waals surface area contributed by atoms with Gasteiger partial charge in [0.25, 0.3) is 5.91 Å². The number of amides is 1. The molecular weight excluding hydrogens is 368 g/mol. The number of benzene rings is 2. The number of morpholine rings is 1. The third-order valence-electron chi connectivity index (χ3n) is 5.33. The second-order valence-electron chi connectivity index (χ2n) is 7.15. The number of likely N-dealkylation sites (N-methyl/N-ethyl adjacent to an activating group) is 1. The molecule has 1 heterocycles. The van der Waals surface area contributed by atoms with Crippen molar-refractivity contribution in [3.05, 3.63) is 59.7 Å². The van der Waals surface area contributed by atoms with Crippen molar-refractivity contribution >= 4 is 11.9 Å². The summed E-state index contributed by atoms with van der Waals surface area (Å²) in [6, 6.07) is 15.2. The van der Waals surface area contributed by atoms with Crippen LogP contribution in [0.15, 0.2) is 48.5 Å². The Bertz CT molecular complexity index is 849. The zero-order valence-corrected chi connectivity index (χ0v) is 17.0. The fourth-order valence-electron chi connectivity index (χ4n) is 3.73. The monoisotopic (exact) mass is 396 g/mol. The van der Waals surface area contributed by atoms with Gasteiger partial charge in [0.2, 0.25) is 0 Å². The van der Waals surface area contributed by atoms with E-state index in [1.54, 1.807) is 17.0 Å². The van der Waals surface area contributed by atoms with Gasteiger partial charge in [0.05, 0.1) is 12.2 Å². The van der Waals surface area contributed by atoms with Gasteiger partial charge in [-0.2, -0.15) is 0 Å². The van der Waals surface area contributed by atoms with E-state index in [2.05, 4.69) is 4.90 Å². The summed E-state index contributed by atoms with van der Waals surface area (Å²) in [6.07, 6.45) is -0.480. The zero-order valence-electron chi connectivity index (χ0n) is 17.0. The van der Waals surface area contributed by atoms with Gasteiger partial charge in [0.1, 0.15) is 6.10 Å². The van der Waals surface area contributed by atoms with E-state index in [0.29, 0.717) is 39.3 Å². The van der Waals surface area contributed by atoms with Crippen molar-refractivity contribution in [1.29, 1.82) is 0 Å². The first-order chi connectivity index (χ1) is 14.0. The average molecular weight is 396 g/mol. The van der Waals surface area contributed by atoms with Gasteiger partial charge in [-0.25, -0.2) is 4.79 Å². The molecule has 1 fully saturated rings. The van der Waals surface area contributed by atoms with Crippen LogP contribution in [0, 0.1) is 0 Å². The van der Waals surface area contributed by atoms with Gasteiger partial charge in [-0.3, -0.25) is 9.69 Å². The van der Waals surface area contributed by atoms with Crippen molar-refractivity contribution in [1.82, 2.24) is 9.80 Å². The first-order valence-corrected chi connectivity index (χ1v) is 10.1. The molecule has 0 aliphatic carbocycles. The average Bonchev–Trinajstić information content (AvgIpc) is 2.75. The first-order valence-electron chi connectivity index (χ1n) is 10.1. The Kier molecular flexibility index (Phi) is 7.01. The quantitative estimate of drug-likeness (QED) is 0.779. The van der Waals surface area contributed by atoms with Crippen LogP contribution in [-0.2, 0) is 16.1 Å². The first kappa shape index (κ1) is 21.0. The highest BCUT2D eigenvalue weighted by Crippen LogP contribution is 2.27. The standard InChI is InChI=1S/C23H28N2O4/c1-3-25(4-2)22(26)21-16-24(12-13-29-21)15-19-14-18(23(27)28)10-11-20(19)17-8-6-5-7-9-17/h5-11,14,21H,3-4,12-13,15-16H2,1-2H3,(H,27,28). The lowest BCUT2D eigenvalue weighted by molar-refractivity contribution is -0.149. The SMILES string of the molecule is CCN(CC)C(=O)C1CN(Cc2cc(C(=O)O)ccc2-c2ccccc2)CCO1. The van der Waals surface area contributed by atoms with Gasteiger partial charge in [-0.05, 0) is 42.7 Å². The summed E-state index contributed by atoms with van der Waals surface area (Å²) in [5, 5.41) is 9.42. The number of rotatable bonds is 7. The van der Waals surface area contributed by atoms with Crippen LogP contribution in [0.1, 0.15) is 29.8 Å². The Morgan fingerprint density at radius 1 is 1.14 bits per heavy atom. The molecule has 0 spiro atoms. The molecule has 0 radical (unpaired) electrons. The van der Waals surface area contributed by atoms with Crippen LogP contribution >= 0.6 is 0 Å². The largest absolute Gasteiger partial charge is 0.478 e. The second kappa shape index (κ2) is 9.67. The highest BCUT2D eigenvalue weighted by Gasteiger charge is 2.29. The number of carbonyl (C=O) groups excluding carboxylic acids is 1. The molecule has 1 unspecified atom stereocenters. The minimum Gasteiger partial charge on any atom is -0.478 e. The van der Waals surface area contributed by atoms with Crippen LogP contribution in [0.4, 0.5) is 0 Å². The van der Waals surface area contributed by atoms with Gasteiger partial charge >= 0.3 is 5.97 Å². The number of nitrogens with zero attached hydrogens (tertiary/aromatic N) is 2. The molecule has 6 nitrogen and oxygen atoms in total. The molecule has 29 heavy (non-hydrogen) atoms. The van der Waals surface area contributed by atoms with Gasteiger partial charge in [0, 0.05) is 32.7 Å². The summed E-state index contributed by atoms with van der Waals surface area (Å²) in [5.41, 5.74) is 3.26. The molecule has 2 aromatic rings. The fourth-order valence-corrected chi connectivity index (χ4v) is 3.73. The van der Waals surface area contributed by atoms with Crippen LogP contribution in [0.25, 0.3) is 11.1 Å². The van der Waals surface area contributed by atoms with E-state index >= 15 is 0 Å². The minimum absolute atomic E-state index is 0.0160. The zero-order chi connectivity index (χ0) is 20.8. The fraction of sp³-hybridized carbons (Fsp3) is 0.391. The highest BCUT2D eigenvalue weighted by atomic mass is 16.5. The molecule has 1 N–H and O–H groups in total. The molecule has 1 atom stereocenters. The summed E-state index contributed by atoms with van der Waals surface area (Å²) in [5.74, 6) is -0.926. The molecule has 1 amide bonds. The van der Waals surface area contributed by atoms with Crippen LogP contribution in [0.3, 0.4) is 0 Å². The lowest BCUT2D eigenvalue weighted by Gasteiger charge is -2.35. The molecule has 154 valence electrons. The molecular formula is C23H28N2O4. The van der Waals surface area contributed by atoms with E-state index in [1.165, 1.54) is 0 Å². The van der Waals surface area contributed by atoms with Gasteiger partial charge in [0.15, 0.2) is 0 Å². The Hall–Kier alpha value is -2.70. The molecule has 1 saturated heterocycles. The van der Waals surface area contributed by atoms with Crippen molar-refractivity contribution in [2.45, 2.75) is 26.5 Å². The maximum Gasteiger partial charge on any atom is 0.335 e. The number of carbonyl (C=O) groups is 2. The Morgan fingerprint density at radius 3 is 2.52 bits per heavy atom. The summed E-state index contributed by atoms with van der Waals surface area (Å²) >= 11 is 0. The van der Waals surface area contributed by atoms with Crippen molar-refractivity contribution in [2.75, 3.05) is 32.8 Å². The van der Waals surface area contributed by atoms with E-state index in [4.69, 9.17) is 4.74 Å². The van der Waals surface area contributed by atoms with E-state index in [-0.39, 0.29) is 11.5 Å². The molecule has 0 bridgehead atoms. The highest BCUT2D eigenvalue weighted by molar-refractivity contribution is 5.89. The maximum absolute atomic E-state index is 12.7. The number of hydrogen-bond acceptors (Lipinski definition) is 4. The molecule has 2 aromatic carbocycles. The number of hydrogen-bond donors (Lipinski definition) is 1. The van der Waals surface area contributed by atoms with Crippen LogP contribution in [-0.4, -0.2) is 65.7 Å². The van der Waals surface area contributed by atoms with Crippen molar-refractivity contribution in [3.63, 3.8) is 0 Å². The Morgan fingerprint density at radius 2 is 1.86 bits per heavy atom. The number of aromatic carboxylic acids is 1. The van der Waals surface area contributed by atoms with E-state index in [1.807, 2.05) is 50.2 Å². The van der Waals surface area contributed by atoms with Gasteiger partial charge in [-0.1, -0.05) is 36.4 Å². The maximum atomic E-state index is 12.7. The van der Waals surface area contributed by atoms with E-state index in [0.717, 1.165) is 16.7 Å². The van der Waals surface area contributed by atoms with Crippen LogP contribution in [0.2, 0.25) is 0 Å². The molecule has 0 saturated carbocycles. The van der Waals surface area contributed by atoms with Gasteiger partial charge < -0.3 is 14.7 Å². The molecule has 1 aliphatic heterocycles. The van der Waals surface area contributed by atoms with Crippen molar-refractivity contribution < 1.29 is 19.4 Å². The molecule has 6 heteroatoms. The lowest BCUT2D eigenvalue weighted by Crippen LogP contribution is -2.50. The molecule has 1 aliphatic rings. The molecule has 3 rings (SSSR count). The molecule has 0 aromatic heterocycles. The topological polar surface area (TPSA) is 70.1 Å². The summed E-state index contributed by atoms with van der Waals surface area (Å²) in [6.45, 7) is 7.50. The minimum atomic E-state index is -0.942. The number of carboxylic acid groups (broad SMARTS) is 1. The third kappa shape index (κ3) is 5.02. The van der Waals surface area contributed by atoms with Crippen LogP contribution in [0.5, 0.6) is 0 Å². The van der Waals surface area contributed by atoms with E-state index in [9.17, 15) is 14.7 Å². The predicted molar refractivity (Wildman–Crippen MR) is 112 cm³/mol. The smallest absolute Gasteiger partial charge is 0.335 e. The normalized spacial score (nSPS) is 17.1. The third-order valence-corrected chi connectivity index (χ3v) is 5.33. The lowest BCUT2D eigenvalue weighted by atomic mass is 9.97. The van der Waals surface area contributed by atoms with Crippen molar-refractivity contribution in [2.24, 2.45) is 0 Å². The Labute approximate surface area is 171 Å². The van der Waals surface area contributed by atoms with Crippen LogP contribution < -0.4 is 0 Å². The predicted octanol–water partition coefficient (Wildman–Crippen LogP) is 3.12. The number of ether oxygens (including phenoxy) is 1. The second-order valence-corrected chi connectivity index (χ2v) is 7.15. The number of carboxylic acids is 1. The van der Waals surface area contributed by atoms with Crippen molar-refractivity contribution in [3.8, 4) is 11.1 Å². The Balaban J connectivity index is 1.83. The van der Waals surface area contributed by atoms with E-state index < -0.39 is 12.1 Å². The van der Waals surface area contributed by atoms with Gasteiger partial charge in [-0.15, -0.1) is 0 Å². The summed E-state index contributed by atoms with van der Waals surface area (Å²) < 4.78 is 5.74. The summed E-state index contributed by atoms with van der Waals surface area (Å²) in [7, 11) is 0.